The summed E-state index contributed by atoms with van der Waals surface area (Å²) in [7, 11) is 0. The molecule has 2 rings (SSSR count). The highest BCUT2D eigenvalue weighted by Crippen LogP contribution is 2.25. The van der Waals surface area contributed by atoms with Crippen LogP contribution < -0.4 is 16.8 Å². The number of hydrogen-bond donors (Lipinski definition) is 3. The van der Waals surface area contributed by atoms with Crippen LogP contribution in [0.4, 0.5) is 0 Å². The van der Waals surface area contributed by atoms with Crippen molar-refractivity contribution in [2.45, 2.75) is 52.6 Å². The summed E-state index contributed by atoms with van der Waals surface area (Å²) in [6.07, 6.45) is 3.36. The maximum atomic E-state index is 12.6. The van der Waals surface area contributed by atoms with E-state index in [9.17, 15) is 9.59 Å². The van der Waals surface area contributed by atoms with Gasteiger partial charge in [-0.05, 0) is 43.4 Å². The SMILES string of the molecule is CCC(CC)(CN)C(=O)NCc1cccc(CN2CCCC(C(N)=O)C2)c1. The number of nitrogens with zero attached hydrogens (tertiary/aromatic N) is 1. The largest absolute Gasteiger partial charge is 0.369 e. The van der Waals surface area contributed by atoms with Gasteiger partial charge in [0, 0.05) is 26.2 Å². The van der Waals surface area contributed by atoms with Crippen LogP contribution >= 0.6 is 0 Å². The van der Waals surface area contributed by atoms with Crippen LogP contribution in [0.15, 0.2) is 24.3 Å². The number of hydrogen-bond acceptors (Lipinski definition) is 4. The molecule has 6 heteroatoms. The third-order valence-corrected chi connectivity index (χ3v) is 5.98. The third kappa shape index (κ3) is 5.53. The van der Waals surface area contributed by atoms with Crippen LogP contribution in [-0.2, 0) is 22.7 Å². The van der Waals surface area contributed by atoms with Gasteiger partial charge in [-0.3, -0.25) is 14.5 Å². The lowest BCUT2D eigenvalue weighted by Gasteiger charge is -2.31. The Morgan fingerprint density at radius 3 is 2.59 bits per heavy atom. The van der Waals surface area contributed by atoms with Crippen molar-refractivity contribution in [2.24, 2.45) is 22.8 Å². The lowest BCUT2D eigenvalue weighted by atomic mass is 9.81. The molecule has 1 unspecified atom stereocenters. The van der Waals surface area contributed by atoms with Gasteiger partial charge >= 0.3 is 0 Å². The molecule has 0 aliphatic carbocycles. The molecule has 150 valence electrons. The number of piperidine rings is 1. The highest BCUT2D eigenvalue weighted by Gasteiger charge is 2.33. The fraction of sp³-hybridized carbons (Fsp3) is 0.619. The molecule has 1 saturated heterocycles. The van der Waals surface area contributed by atoms with E-state index in [4.69, 9.17) is 11.5 Å². The van der Waals surface area contributed by atoms with Crippen LogP contribution in [0.3, 0.4) is 0 Å². The van der Waals surface area contributed by atoms with Gasteiger partial charge in [0.1, 0.15) is 0 Å². The Bertz CT molecular complexity index is 635. The van der Waals surface area contributed by atoms with Gasteiger partial charge in [-0.15, -0.1) is 0 Å². The van der Waals surface area contributed by atoms with Gasteiger partial charge < -0.3 is 16.8 Å². The Morgan fingerprint density at radius 2 is 1.96 bits per heavy atom. The smallest absolute Gasteiger partial charge is 0.227 e. The molecule has 1 atom stereocenters. The lowest BCUT2D eigenvalue weighted by Crippen LogP contribution is -2.45. The molecule has 5 N–H and O–H groups in total. The van der Waals surface area contributed by atoms with Crippen molar-refractivity contribution < 1.29 is 9.59 Å². The third-order valence-electron chi connectivity index (χ3n) is 5.98. The molecule has 1 aromatic rings. The zero-order valence-electron chi connectivity index (χ0n) is 16.7. The maximum absolute atomic E-state index is 12.6. The van der Waals surface area contributed by atoms with Gasteiger partial charge in [0.15, 0.2) is 0 Å². The second kappa shape index (κ2) is 9.85. The van der Waals surface area contributed by atoms with Crippen LogP contribution in [0.2, 0.25) is 0 Å². The van der Waals surface area contributed by atoms with E-state index in [1.54, 1.807) is 0 Å². The number of primary amides is 1. The molecule has 0 saturated carbocycles. The molecule has 1 aliphatic rings. The van der Waals surface area contributed by atoms with Crippen molar-refractivity contribution in [3.63, 3.8) is 0 Å². The number of rotatable bonds is 9. The molecule has 0 bridgehead atoms. The number of carbonyl (C=O) groups is 2. The predicted molar refractivity (Wildman–Crippen MR) is 108 cm³/mol. The number of likely N-dealkylation sites (tertiary alicyclic amines) is 1. The number of nitrogens with one attached hydrogen (secondary N) is 1. The average molecular weight is 375 g/mol. The molecule has 1 heterocycles. The second-order valence-electron chi connectivity index (χ2n) is 7.67. The highest BCUT2D eigenvalue weighted by molar-refractivity contribution is 5.82. The van der Waals surface area contributed by atoms with E-state index >= 15 is 0 Å². The molecule has 27 heavy (non-hydrogen) atoms. The van der Waals surface area contributed by atoms with Gasteiger partial charge in [-0.1, -0.05) is 38.1 Å². The maximum Gasteiger partial charge on any atom is 0.227 e. The standard InChI is InChI=1S/C21H34N4O2/c1-3-21(4-2,15-22)20(27)24-12-16-7-5-8-17(11-16)13-25-10-6-9-18(14-25)19(23)26/h5,7-8,11,18H,3-4,6,9-10,12-15,22H2,1-2H3,(H2,23,26)(H,24,27). The van der Waals surface area contributed by atoms with Crippen LogP contribution in [-0.4, -0.2) is 36.3 Å². The number of amides is 2. The monoisotopic (exact) mass is 374 g/mol. The van der Waals surface area contributed by atoms with Crippen molar-refractivity contribution >= 4 is 11.8 Å². The topological polar surface area (TPSA) is 101 Å². The van der Waals surface area contributed by atoms with E-state index in [0.717, 1.165) is 50.9 Å². The number of carbonyl (C=O) groups excluding carboxylic acids is 2. The molecular formula is C21H34N4O2. The molecule has 0 spiro atoms. The van der Waals surface area contributed by atoms with Gasteiger partial charge in [0.25, 0.3) is 0 Å². The Hall–Kier alpha value is -1.92. The highest BCUT2D eigenvalue weighted by atomic mass is 16.2. The minimum absolute atomic E-state index is 0.0285. The van der Waals surface area contributed by atoms with E-state index in [0.29, 0.717) is 13.1 Å². The van der Waals surface area contributed by atoms with Gasteiger partial charge in [0.05, 0.1) is 11.3 Å². The van der Waals surface area contributed by atoms with Crippen LogP contribution in [0.5, 0.6) is 0 Å². The fourth-order valence-electron chi connectivity index (χ4n) is 3.85. The molecule has 1 aromatic carbocycles. The van der Waals surface area contributed by atoms with Gasteiger partial charge in [-0.25, -0.2) is 0 Å². The molecule has 0 aromatic heterocycles. The van der Waals surface area contributed by atoms with E-state index in [-0.39, 0.29) is 17.7 Å². The molecule has 6 nitrogen and oxygen atoms in total. The van der Waals surface area contributed by atoms with Gasteiger partial charge in [-0.2, -0.15) is 0 Å². The number of benzene rings is 1. The summed E-state index contributed by atoms with van der Waals surface area (Å²) < 4.78 is 0. The van der Waals surface area contributed by atoms with Gasteiger partial charge in [0.2, 0.25) is 11.8 Å². The second-order valence-corrected chi connectivity index (χ2v) is 7.67. The Kier molecular flexibility index (Phi) is 7.80. The van der Waals surface area contributed by atoms with Crippen molar-refractivity contribution in [3.8, 4) is 0 Å². The van der Waals surface area contributed by atoms with E-state index < -0.39 is 5.41 Å². The summed E-state index contributed by atoms with van der Waals surface area (Å²) in [5, 5.41) is 3.05. The minimum atomic E-state index is -0.477. The summed E-state index contributed by atoms with van der Waals surface area (Å²) in [5.74, 6) is -0.221. The summed E-state index contributed by atoms with van der Waals surface area (Å²) in [4.78, 5) is 26.3. The Labute approximate surface area is 162 Å². The van der Waals surface area contributed by atoms with Crippen molar-refractivity contribution in [1.82, 2.24) is 10.2 Å². The van der Waals surface area contributed by atoms with Crippen molar-refractivity contribution in [1.29, 1.82) is 0 Å². The zero-order chi connectivity index (χ0) is 19.9. The Morgan fingerprint density at radius 1 is 1.26 bits per heavy atom. The zero-order valence-corrected chi connectivity index (χ0v) is 16.7. The normalized spacial score (nSPS) is 18.3. The van der Waals surface area contributed by atoms with Crippen LogP contribution in [0, 0.1) is 11.3 Å². The Balaban J connectivity index is 1.95. The van der Waals surface area contributed by atoms with E-state index in [1.807, 2.05) is 26.0 Å². The molecule has 1 aliphatic heterocycles. The quantitative estimate of drug-likeness (QED) is 0.613. The lowest BCUT2D eigenvalue weighted by molar-refractivity contribution is -0.131. The molecule has 2 amide bonds. The molecular weight excluding hydrogens is 340 g/mol. The molecule has 1 fully saturated rings. The first-order chi connectivity index (χ1) is 12.9. The summed E-state index contributed by atoms with van der Waals surface area (Å²) in [5.41, 5.74) is 13.1. The van der Waals surface area contributed by atoms with E-state index in [1.165, 1.54) is 5.56 Å². The minimum Gasteiger partial charge on any atom is -0.369 e. The first-order valence-electron chi connectivity index (χ1n) is 10.0. The van der Waals surface area contributed by atoms with Crippen molar-refractivity contribution in [2.75, 3.05) is 19.6 Å². The summed E-state index contributed by atoms with van der Waals surface area (Å²) >= 11 is 0. The fourth-order valence-corrected chi connectivity index (χ4v) is 3.85. The first-order valence-corrected chi connectivity index (χ1v) is 10.0. The number of nitrogens with two attached hydrogens (primary N) is 2. The molecule has 0 radical (unpaired) electrons. The van der Waals surface area contributed by atoms with Crippen molar-refractivity contribution in [3.05, 3.63) is 35.4 Å². The van der Waals surface area contributed by atoms with Crippen LogP contribution in [0.25, 0.3) is 0 Å². The van der Waals surface area contributed by atoms with Crippen LogP contribution in [0.1, 0.15) is 50.7 Å². The first kappa shape index (κ1) is 21.4. The van der Waals surface area contributed by atoms with E-state index in [2.05, 4.69) is 22.3 Å². The summed E-state index contributed by atoms with van der Waals surface area (Å²) in [6.45, 7) is 7.38. The average Bonchev–Trinajstić information content (AvgIpc) is 2.68. The predicted octanol–water partition coefficient (Wildman–Crippen LogP) is 1.77. The summed E-state index contributed by atoms with van der Waals surface area (Å²) in [6, 6.07) is 8.24.